The monoisotopic (exact) mass is 378 g/mol. The molecule has 0 saturated heterocycles. The van der Waals surface area contributed by atoms with Crippen LogP contribution >= 0.6 is 0 Å². The molecule has 0 N–H and O–H groups in total. The number of aryl methyl sites for hydroxylation is 3. The Balaban J connectivity index is 1.98. The summed E-state index contributed by atoms with van der Waals surface area (Å²) in [6.07, 6.45) is 12.2. The van der Waals surface area contributed by atoms with Crippen molar-refractivity contribution in [2.45, 2.75) is 77.7 Å². The second kappa shape index (κ2) is 9.76. The summed E-state index contributed by atoms with van der Waals surface area (Å²) in [4.78, 5) is 37.2. The highest BCUT2D eigenvalue weighted by Gasteiger charge is 2.18. The minimum atomic E-state index is -0.422. The fourth-order valence-corrected chi connectivity index (χ4v) is 3.74. The van der Waals surface area contributed by atoms with Gasteiger partial charge in [0.15, 0.2) is 11.2 Å². The molecule has 0 unspecified atom stereocenters. The Morgan fingerprint density at radius 3 is 1.70 bits per heavy atom. The van der Waals surface area contributed by atoms with Gasteiger partial charge >= 0.3 is 11.4 Å². The quantitative estimate of drug-likeness (QED) is 0.564. The van der Waals surface area contributed by atoms with Gasteiger partial charge < -0.3 is 0 Å². The van der Waals surface area contributed by atoms with Crippen LogP contribution in [0.3, 0.4) is 0 Å². The van der Waals surface area contributed by atoms with E-state index >= 15 is 0 Å². The zero-order chi connectivity index (χ0) is 20.0. The largest absolute Gasteiger partial charge is 0.332 e. The van der Waals surface area contributed by atoms with Crippen LogP contribution in [0.25, 0.3) is 11.2 Å². The Morgan fingerprint density at radius 1 is 0.630 bits per heavy atom. The molecule has 0 fully saturated rings. The molecule has 0 radical (unpaired) electrons. The van der Waals surface area contributed by atoms with Crippen molar-refractivity contribution in [3.63, 3.8) is 0 Å². The molecule has 2 aromatic heterocycles. The van der Waals surface area contributed by atoms with Gasteiger partial charge in [-0.25, -0.2) is 9.59 Å². The standard InChI is InChI=1S/C20H34N4O3/c1-5-6-7-8-9-10-11-12-13-14-15-24-17-16(18(25)23(4)20(24)27)21(2)19(26)22(17)3/h5-15H2,1-4H3. The van der Waals surface area contributed by atoms with Crippen molar-refractivity contribution < 1.29 is 0 Å². The molecule has 0 atom stereocenters. The Labute approximate surface area is 160 Å². The first-order valence-corrected chi connectivity index (χ1v) is 10.3. The Morgan fingerprint density at radius 2 is 1.15 bits per heavy atom. The van der Waals surface area contributed by atoms with E-state index in [9.17, 15) is 14.4 Å². The molecule has 152 valence electrons. The van der Waals surface area contributed by atoms with E-state index < -0.39 is 5.56 Å². The van der Waals surface area contributed by atoms with Gasteiger partial charge in [-0.2, -0.15) is 0 Å². The Bertz CT molecular complexity index is 930. The summed E-state index contributed by atoms with van der Waals surface area (Å²) < 4.78 is 5.39. The fraction of sp³-hybridized carbons (Fsp3) is 0.750. The molecule has 0 spiro atoms. The number of aromatic nitrogens is 4. The molecule has 2 heterocycles. The van der Waals surface area contributed by atoms with Crippen LogP contribution in [0.1, 0.15) is 71.1 Å². The molecule has 0 aliphatic carbocycles. The molecule has 7 nitrogen and oxygen atoms in total. The minimum absolute atomic E-state index is 0.287. The van der Waals surface area contributed by atoms with E-state index in [4.69, 9.17) is 0 Å². The average molecular weight is 379 g/mol. The first-order chi connectivity index (χ1) is 12.9. The van der Waals surface area contributed by atoms with E-state index in [1.807, 2.05) is 0 Å². The fourth-order valence-electron chi connectivity index (χ4n) is 3.74. The van der Waals surface area contributed by atoms with E-state index in [-0.39, 0.29) is 16.9 Å². The van der Waals surface area contributed by atoms with E-state index in [1.165, 1.54) is 61.1 Å². The smallest absolute Gasteiger partial charge is 0.289 e. The highest BCUT2D eigenvalue weighted by molar-refractivity contribution is 5.70. The highest BCUT2D eigenvalue weighted by atomic mass is 16.2. The van der Waals surface area contributed by atoms with Crippen LogP contribution in [-0.4, -0.2) is 18.3 Å². The van der Waals surface area contributed by atoms with Crippen molar-refractivity contribution in [2.75, 3.05) is 0 Å². The zero-order valence-corrected chi connectivity index (χ0v) is 17.3. The summed E-state index contributed by atoms with van der Waals surface area (Å²) in [6.45, 7) is 2.76. The maximum absolute atomic E-state index is 12.6. The van der Waals surface area contributed by atoms with Crippen molar-refractivity contribution in [1.29, 1.82) is 0 Å². The average Bonchev–Trinajstić information content (AvgIpc) is 2.88. The normalized spacial score (nSPS) is 11.6. The SMILES string of the molecule is CCCCCCCCCCCCn1c(=O)n(C)c(=O)c2c1n(C)c(=O)n2C. The molecule has 27 heavy (non-hydrogen) atoms. The number of imidazole rings is 1. The molecule has 0 aromatic carbocycles. The molecule has 0 bridgehead atoms. The first kappa shape index (κ1) is 21.3. The number of fused-ring (bicyclic) bond motifs is 1. The lowest BCUT2D eigenvalue weighted by molar-refractivity contribution is 0.521. The minimum Gasteiger partial charge on any atom is -0.289 e. The van der Waals surface area contributed by atoms with Gasteiger partial charge in [-0.05, 0) is 6.42 Å². The summed E-state index contributed by atoms with van der Waals surface area (Å²) in [5, 5.41) is 0. The van der Waals surface area contributed by atoms with E-state index in [0.29, 0.717) is 12.2 Å². The molecular weight excluding hydrogens is 344 g/mol. The lowest BCUT2D eigenvalue weighted by atomic mass is 10.1. The van der Waals surface area contributed by atoms with Gasteiger partial charge in [-0.1, -0.05) is 64.7 Å². The van der Waals surface area contributed by atoms with Crippen LogP contribution in [0.5, 0.6) is 0 Å². The number of nitrogens with zero attached hydrogens (tertiary/aromatic N) is 4. The lowest BCUT2D eigenvalue weighted by Crippen LogP contribution is -2.39. The number of unbranched alkanes of at least 4 members (excludes halogenated alkanes) is 9. The summed E-state index contributed by atoms with van der Waals surface area (Å²) in [7, 11) is 4.65. The third-order valence-electron chi connectivity index (χ3n) is 5.45. The number of rotatable bonds is 11. The van der Waals surface area contributed by atoms with Crippen molar-refractivity contribution in [3.8, 4) is 0 Å². The lowest BCUT2D eigenvalue weighted by Gasteiger charge is -2.11. The van der Waals surface area contributed by atoms with Crippen molar-refractivity contribution in [1.82, 2.24) is 18.3 Å². The molecule has 0 saturated carbocycles. The van der Waals surface area contributed by atoms with Gasteiger partial charge in [0.25, 0.3) is 5.56 Å². The van der Waals surface area contributed by atoms with Gasteiger partial charge in [0, 0.05) is 27.7 Å². The zero-order valence-electron chi connectivity index (χ0n) is 17.3. The van der Waals surface area contributed by atoms with Gasteiger partial charge in [0.2, 0.25) is 0 Å². The van der Waals surface area contributed by atoms with Crippen LogP contribution in [0.2, 0.25) is 0 Å². The van der Waals surface area contributed by atoms with Crippen LogP contribution in [0.15, 0.2) is 14.4 Å². The maximum atomic E-state index is 12.6. The van der Waals surface area contributed by atoms with Crippen LogP contribution < -0.4 is 16.9 Å². The molecule has 2 rings (SSSR count). The van der Waals surface area contributed by atoms with Crippen molar-refractivity contribution >= 4 is 11.2 Å². The van der Waals surface area contributed by atoms with Gasteiger partial charge in [0.05, 0.1) is 0 Å². The highest BCUT2D eigenvalue weighted by Crippen LogP contribution is 2.12. The molecule has 0 amide bonds. The molecule has 0 aliphatic heterocycles. The van der Waals surface area contributed by atoms with Crippen LogP contribution in [-0.2, 0) is 27.7 Å². The van der Waals surface area contributed by atoms with E-state index in [0.717, 1.165) is 23.8 Å². The third kappa shape index (κ3) is 4.62. The van der Waals surface area contributed by atoms with Crippen molar-refractivity contribution in [3.05, 3.63) is 31.3 Å². The predicted molar refractivity (Wildman–Crippen MR) is 110 cm³/mol. The molecule has 2 aromatic rings. The predicted octanol–water partition coefficient (Wildman–Crippen LogP) is 2.66. The third-order valence-corrected chi connectivity index (χ3v) is 5.45. The van der Waals surface area contributed by atoms with Crippen LogP contribution in [0.4, 0.5) is 0 Å². The summed E-state index contributed by atoms with van der Waals surface area (Å²) >= 11 is 0. The number of hydrogen-bond donors (Lipinski definition) is 0. The van der Waals surface area contributed by atoms with Crippen LogP contribution in [0, 0.1) is 0 Å². The van der Waals surface area contributed by atoms with Crippen molar-refractivity contribution in [2.24, 2.45) is 21.1 Å². The topological polar surface area (TPSA) is 70.9 Å². The first-order valence-electron chi connectivity index (χ1n) is 10.3. The maximum Gasteiger partial charge on any atom is 0.332 e. The Hall–Kier alpha value is -2.05. The summed E-state index contributed by atoms with van der Waals surface area (Å²) in [6, 6.07) is 0. The summed E-state index contributed by atoms with van der Waals surface area (Å²) in [5.74, 6) is 0. The number of hydrogen-bond acceptors (Lipinski definition) is 3. The van der Waals surface area contributed by atoms with Gasteiger partial charge in [-0.3, -0.25) is 23.1 Å². The Kier molecular flexibility index (Phi) is 7.68. The molecular formula is C20H34N4O3. The summed E-state index contributed by atoms with van der Waals surface area (Å²) in [5.41, 5.74) is -0.355. The van der Waals surface area contributed by atoms with Gasteiger partial charge in [0.1, 0.15) is 0 Å². The molecule has 0 aliphatic rings. The second-order valence-corrected chi connectivity index (χ2v) is 7.55. The van der Waals surface area contributed by atoms with E-state index in [1.54, 1.807) is 18.7 Å². The van der Waals surface area contributed by atoms with Gasteiger partial charge in [-0.15, -0.1) is 0 Å². The van der Waals surface area contributed by atoms with E-state index in [2.05, 4.69) is 6.92 Å². The molecule has 7 heteroatoms. The second-order valence-electron chi connectivity index (χ2n) is 7.55.